The Hall–Kier alpha value is -3.26. The van der Waals surface area contributed by atoms with E-state index in [0.717, 1.165) is 11.1 Å². The Morgan fingerprint density at radius 3 is 2.79 bits per heavy atom. The van der Waals surface area contributed by atoms with E-state index in [1.165, 1.54) is 12.3 Å². The lowest BCUT2D eigenvalue weighted by molar-refractivity contribution is 0.0614. The van der Waals surface area contributed by atoms with E-state index in [9.17, 15) is 9.18 Å². The van der Waals surface area contributed by atoms with Crippen LogP contribution >= 0.6 is 0 Å². The molecule has 1 unspecified atom stereocenters. The summed E-state index contributed by atoms with van der Waals surface area (Å²) in [5.41, 5.74) is 2.66. The van der Waals surface area contributed by atoms with Gasteiger partial charge < -0.3 is 10.2 Å². The van der Waals surface area contributed by atoms with Gasteiger partial charge in [0.05, 0.1) is 5.69 Å². The van der Waals surface area contributed by atoms with E-state index < -0.39 is 12.0 Å². The summed E-state index contributed by atoms with van der Waals surface area (Å²) >= 11 is 0. The molecule has 0 spiro atoms. The molecule has 2 aromatic heterocycles. The molecule has 1 amide bonds. The van der Waals surface area contributed by atoms with Crippen LogP contribution in [0.5, 0.6) is 0 Å². The number of amides is 1. The monoisotopic (exact) mass is 378 g/mol. The van der Waals surface area contributed by atoms with Gasteiger partial charge in [0.1, 0.15) is 6.04 Å². The van der Waals surface area contributed by atoms with Crippen molar-refractivity contribution in [3.8, 4) is 11.3 Å². The molecule has 4 rings (SSSR count). The molecule has 0 aliphatic carbocycles. The number of piperazine rings is 1. The van der Waals surface area contributed by atoms with Crippen LogP contribution in [0.1, 0.15) is 27.9 Å². The molecule has 28 heavy (non-hydrogen) atoms. The Kier molecular flexibility index (Phi) is 5.03. The lowest BCUT2D eigenvalue weighted by Gasteiger charge is -2.35. The second-order valence-corrected chi connectivity index (χ2v) is 6.58. The maximum Gasteiger partial charge on any atom is 0.275 e. The summed E-state index contributed by atoms with van der Waals surface area (Å²) in [6, 6.07) is 12.2. The molecule has 3 aromatic rings. The van der Waals surface area contributed by atoms with Gasteiger partial charge in [-0.15, -0.1) is 10.2 Å². The van der Waals surface area contributed by atoms with Gasteiger partial charge in [-0.2, -0.15) is 4.39 Å². The second kappa shape index (κ2) is 7.77. The van der Waals surface area contributed by atoms with Crippen molar-refractivity contribution in [2.24, 2.45) is 0 Å². The summed E-state index contributed by atoms with van der Waals surface area (Å²) in [6.45, 7) is 3.37. The van der Waals surface area contributed by atoms with Crippen LogP contribution in [-0.4, -0.2) is 50.6 Å². The number of benzene rings is 1. The predicted molar refractivity (Wildman–Crippen MR) is 101 cm³/mol. The van der Waals surface area contributed by atoms with E-state index in [1.54, 1.807) is 4.90 Å². The maximum absolute atomic E-state index is 13.5. The van der Waals surface area contributed by atoms with E-state index in [-0.39, 0.29) is 17.4 Å². The summed E-state index contributed by atoms with van der Waals surface area (Å²) in [5, 5.41) is 11.6. The molecule has 1 aliphatic heterocycles. The average molecular weight is 378 g/mol. The summed E-state index contributed by atoms with van der Waals surface area (Å²) < 4.78 is 13.5. The fourth-order valence-electron chi connectivity index (χ4n) is 3.27. The summed E-state index contributed by atoms with van der Waals surface area (Å²) in [7, 11) is 0. The molecular formula is C20H19FN6O. The molecule has 7 nitrogen and oxygen atoms in total. The first-order valence-corrected chi connectivity index (χ1v) is 9.03. The number of nitrogens with one attached hydrogen (secondary N) is 1. The number of hydrogen-bond acceptors (Lipinski definition) is 6. The zero-order valence-electron chi connectivity index (χ0n) is 15.3. The molecular weight excluding hydrogens is 359 g/mol. The number of carbonyl (C=O) groups excluding carboxylic acids is 1. The molecule has 1 aliphatic rings. The molecule has 1 atom stereocenters. The SMILES string of the molecule is Cc1cc(-c2ccccc2)nnc1C(=O)N1CCNCC1c1nccc(F)n1. The van der Waals surface area contributed by atoms with Gasteiger partial charge in [-0.1, -0.05) is 30.3 Å². The minimum absolute atomic E-state index is 0.260. The minimum atomic E-state index is -0.619. The second-order valence-electron chi connectivity index (χ2n) is 6.58. The third kappa shape index (κ3) is 3.59. The first-order chi connectivity index (χ1) is 13.6. The van der Waals surface area contributed by atoms with Crippen molar-refractivity contribution in [3.05, 3.63) is 71.7 Å². The Bertz CT molecular complexity index is 997. The summed E-state index contributed by atoms with van der Waals surface area (Å²) in [6.07, 6.45) is 1.36. The molecule has 0 bridgehead atoms. The Morgan fingerprint density at radius 2 is 2.04 bits per heavy atom. The van der Waals surface area contributed by atoms with Gasteiger partial charge in [0, 0.05) is 37.5 Å². The minimum Gasteiger partial charge on any atom is -0.324 e. The van der Waals surface area contributed by atoms with Crippen molar-refractivity contribution in [2.45, 2.75) is 13.0 Å². The van der Waals surface area contributed by atoms with Crippen molar-refractivity contribution in [1.82, 2.24) is 30.4 Å². The van der Waals surface area contributed by atoms with Crippen molar-refractivity contribution >= 4 is 5.91 Å². The molecule has 3 heterocycles. The summed E-state index contributed by atoms with van der Waals surface area (Å²) in [4.78, 5) is 22.8. The van der Waals surface area contributed by atoms with E-state index in [4.69, 9.17) is 0 Å². The Morgan fingerprint density at radius 1 is 1.21 bits per heavy atom. The van der Waals surface area contributed by atoms with Gasteiger partial charge >= 0.3 is 0 Å². The smallest absolute Gasteiger partial charge is 0.275 e. The van der Waals surface area contributed by atoms with Gasteiger partial charge in [-0.05, 0) is 18.6 Å². The largest absolute Gasteiger partial charge is 0.324 e. The number of rotatable bonds is 3. The molecule has 1 saturated heterocycles. The number of hydrogen-bond donors (Lipinski definition) is 1. The van der Waals surface area contributed by atoms with Gasteiger partial charge in [-0.25, -0.2) is 9.97 Å². The van der Waals surface area contributed by atoms with Crippen LogP contribution < -0.4 is 5.32 Å². The fraction of sp³-hybridized carbons (Fsp3) is 0.250. The van der Waals surface area contributed by atoms with Gasteiger partial charge in [0.15, 0.2) is 11.5 Å². The van der Waals surface area contributed by atoms with E-state index >= 15 is 0 Å². The third-order valence-corrected chi connectivity index (χ3v) is 4.70. The van der Waals surface area contributed by atoms with Gasteiger partial charge in [0.2, 0.25) is 5.95 Å². The van der Waals surface area contributed by atoms with E-state index in [1.807, 2.05) is 43.3 Å². The maximum atomic E-state index is 13.5. The van der Waals surface area contributed by atoms with Crippen LogP contribution in [0, 0.1) is 12.9 Å². The van der Waals surface area contributed by atoms with Crippen LogP contribution in [0.25, 0.3) is 11.3 Å². The molecule has 0 saturated carbocycles. The topological polar surface area (TPSA) is 83.9 Å². The molecule has 8 heteroatoms. The van der Waals surface area contributed by atoms with Gasteiger partial charge in [-0.3, -0.25) is 4.79 Å². The number of carbonyl (C=O) groups is 1. The number of aromatic nitrogens is 4. The van der Waals surface area contributed by atoms with Crippen molar-refractivity contribution in [1.29, 1.82) is 0 Å². The van der Waals surface area contributed by atoms with Crippen molar-refractivity contribution in [3.63, 3.8) is 0 Å². The zero-order chi connectivity index (χ0) is 19.5. The predicted octanol–water partition coefficient (Wildman–Crippen LogP) is 2.17. The average Bonchev–Trinajstić information content (AvgIpc) is 2.74. The molecule has 142 valence electrons. The van der Waals surface area contributed by atoms with Crippen molar-refractivity contribution < 1.29 is 9.18 Å². The zero-order valence-corrected chi connectivity index (χ0v) is 15.3. The molecule has 0 radical (unpaired) electrons. The van der Waals surface area contributed by atoms with Crippen LogP contribution in [0.15, 0.2) is 48.7 Å². The number of nitrogens with zero attached hydrogens (tertiary/aromatic N) is 5. The lowest BCUT2D eigenvalue weighted by atomic mass is 10.1. The number of halogens is 1. The summed E-state index contributed by atoms with van der Waals surface area (Å²) in [5.74, 6) is -0.609. The third-order valence-electron chi connectivity index (χ3n) is 4.70. The van der Waals surface area contributed by atoms with Crippen molar-refractivity contribution in [2.75, 3.05) is 19.6 Å². The van der Waals surface area contributed by atoms with E-state index in [0.29, 0.717) is 25.3 Å². The van der Waals surface area contributed by atoms with E-state index in [2.05, 4.69) is 25.5 Å². The molecule has 1 aromatic carbocycles. The highest BCUT2D eigenvalue weighted by Crippen LogP contribution is 2.23. The van der Waals surface area contributed by atoms with Crippen LogP contribution in [0.2, 0.25) is 0 Å². The highest BCUT2D eigenvalue weighted by Gasteiger charge is 2.32. The Labute approximate surface area is 161 Å². The molecule has 1 fully saturated rings. The first-order valence-electron chi connectivity index (χ1n) is 9.03. The highest BCUT2D eigenvalue weighted by atomic mass is 19.1. The Balaban J connectivity index is 1.64. The van der Waals surface area contributed by atoms with Crippen LogP contribution in [0.4, 0.5) is 4.39 Å². The normalized spacial score (nSPS) is 16.8. The van der Waals surface area contributed by atoms with Crippen LogP contribution in [0.3, 0.4) is 0 Å². The standard InChI is InChI=1S/C20H19FN6O/c1-13-11-15(14-5-3-2-4-6-14)25-26-18(13)20(28)27-10-9-22-12-16(27)19-23-8-7-17(21)24-19/h2-8,11,16,22H,9-10,12H2,1H3. The fourth-order valence-corrected chi connectivity index (χ4v) is 3.27. The lowest BCUT2D eigenvalue weighted by Crippen LogP contribution is -2.49. The van der Waals surface area contributed by atoms with Crippen LogP contribution in [-0.2, 0) is 0 Å². The molecule has 1 N–H and O–H groups in total. The van der Waals surface area contributed by atoms with Gasteiger partial charge in [0.25, 0.3) is 5.91 Å². The quantitative estimate of drug-likeness (QED) is 0.703. The highest BCUT2D eigenvalue weighted by molar-refractivity contribution is 5.94. The first kappa shape index (κ1) is 18.1. The number of aryl methyl sites for hydroxylation is 1.